The van der Waals surface area contributed by atoms with Gasteiger partial charge in [0.05, 0.1) is 12.4 Å². The summed E-state index contributed by atoms with van der Waals surface area (Å²) in [6.45, 7) is 3.25. The van der Waals surface area contributed by atoms with E-state index < -0.39 is 9.84 Å². The molecule has 0 amide bonds. The smallest absolute Gasteiger partial charge is 0.150 e. The van der Waals surface area contributed by atoms with E-state index in [0.29, 0.717) is 12.3 Å². The molecule has 0 aromatic heterocycles. The van der Waals surface area contributed by atoms with Crippen LogP contribution in [-0.4, -0.2) is 39.2 Å². The fraction of sp³-hybridized carbons (Fsp3) is 1.00. The highest BCUT2D eigenvalue weighted by Crippen LogP contribution is 2.20. The van der Waals surface area contributed by atoms with Crippen molar-refractivity contribution in [3.8, 4) is 0 Å². The molecule has 1 aliphatic rings. The normalized spacial score (nSPS) is 23.5. The molecule has 0 aliphatic carbocycles. The average molecular weight is 264 g/mol. The fourth-order valence-electron chi connectivity index (χ4n) is 2.21. The molecular formula is C11H24N2O3S. The first-order valence-electron chi connectivity index (χ1n) is 6.33. The quantitative estimate of drug-likeness (QED) is 0.516. The number of ether oxygens (including phenoxy) is 1. The number of nitrogens with two attached hydrogens (primary N) is 1. The minimum atomic E-state index is -2.85. The first-order chi connectivity index (χ1) is 8.09. The summed E-state index contributed by atoms with van der Waals surface area (Å²) in [5.41, 5.74) is 2.80. The van der Waals surface area contributed by atoms with Crippen LogP contribution in [-0.2, 0) is 14.6 Å². The molecule has 0 spiro atoms. The maximum atomic E-state index is 11.4. The second-order valence-corrected chi connectivity index (χ2v) is 7.10. The Hall–Kier alpha value is -0.170. The topological polar surface area (TPSA) is 81.4 Å². The first-order valence-corrected chi connectivity index (χ1v) is 8.15. The predicted molar refractivity (Wildman–Crippen MR) is 68.2 cm³/mol. The van der Waals surface area contributed by atoms with Gasteiger partial charge >= 0.3 is 0 Å². The van der Waals surface area contributed by atoms with Crippen molar-refractivity contribution in [2.24, 2.45) is 11.8 Å². The van der Waals surface area contributed by atoms with Gasteiger partial charge in [-0.3, -0.25) is 11.3 Å². The Balaban J connectivity index is 2.31. The molecule has 0 aromatic rings. The summed E-state index contributed by atoms with van der Waals surface area (Å²) in [5.74, 6) is 6.43. The zero-order valence-electron chi connectivity index (χ0n) is 10.5. The number of hydrogen-bond acceptors (Lipinski definition) is 5. The minimum absolute atomic E-state index is 0.169. The molecule has 0 radical (unpaired) electrons. The molecule has 3 N–H and O–H groups in total. The van der Waals surface area contributed by atoms with Gasteiger partial charge in [-0.25, -0.2) is 8.42 Å². The van der Waals surface area contributed by atoms with Crippen LogP contribution in [0.5, 0.6) is 0 Å². The van der Waals surface area contributed by atoms with Crippen molar-refractivity contribution in [1.29, 1.82) is 0 Å². The predicted octanol–water partition coefficient (Wildman–Crippen LogP) is 0.460. The molecule has 1 fully saturated rings. The zero-order chi connectivity index (χ0) is 12.7. The second kappa shape index (κ2) is 7.31. The largest absolute Gasteiger partial charge is 0.381 e. The molecule has 1 aliphatic heterocycles. The van der Waals surface area contributed by atoms with E-state index in [1.54, 1.807) is 6.92 Å². The van der Waals surface area contributed by atoms with Crippen molar-refractivity contribution >= 4 is 9.84 Å². The van der Waals surface area contributed by atoms with E-state index in [0.717, 1.165) is 32.5 Å². The summed E-state index contributed by atoms with van der Waals surface area (Å²) in [7, 11) is -2.85. The van der Waals surface area contributed by atoms with Crippen LogP contribution in [0.3, 0.4) is 0 Å². The van der Waals surface area contributed by atoms with E-state index in [1.807, 2.05) is 0 Å². The van der Waals surface area contributed by atoms with Crippen molar-refractivity contribution in [2.75, 3.05) is 24.7 Å². The molecular weight excluding hydrogens is 240 g/mol. The van der Waals surface area contributed by atoms with Crippen molar-refractivity contribution in [3.63, 3.8) is 0 Å². The lowest BCUT2D eigenvalue weighted by atomic mass is 9.91. The van der Waals surface area contributed by atoms with Gasteiger partial charge in [0.1, 0.15) is 9.84 Å². The summed E-state index contributed by atoms with van der Waals surface area (Å²) in [4.78, 5) is 0. The molecule has 0 bridgehead atoms. The average Bonchev–Trinajstić information content (AvgIpc) is 2.36. The van der Waals surface area contributed by atoms with Gasteiger partial charge in [0.15, 0.2) is 0 Å². The first kappa shape index (κ1) is 14.9. The fourth-order valence-corrected chi connectivity index (χ4v) is 3.10. The highest BCUT2D eigenvalue weighted by molar-refractivity contribution is 7.91. The van der Waals surface area contributed by atoms with E-state index in [9.17, 15) is 8.42 Å². The SMILES string of the molecule is CCS(=O)(=O)CCCC(NN)C1CCCOC1. The number of nitrogens with one attached hydrogen (secondary N) is 1. The molecule has 102 valence electrons. The summed E-state index contributed by atoms with van der Waals surface area (Å²) in [5, 5.41) is 0. The molecule has 5 nitrogen and oxygen atoms in total. The molecule has 6 heteroatoms. The monoisotopic (exact) mass is 264 g/mol. The number of hydrazine groups is 1. The van der Waals surface area contributed by atoms with Crippen LogP contribution < -0.4 is 11.3 Å². The van der Waals surface area contributed by atoms with Crippen LogP contribution >= 0.6 is 0 Å². The number of rotatable bonds is 7. The zero-order valence-corrected chi connectivity index (χ0v) is 11.3. The Kier molecular flexibility index (Phi) is 6.40. The molecule has 1 rings (SSSR count). The molecule has 2 atom stereocenters. The molecule has 1 heterocycles. The molecule has 2 unspecified atom stereocenters. The summed E-state index contributed by atoms with van der Waals surface area (Å²) < 4.78 is 28.2. The maximum absolute atomic E-state index is 11.4. The van der Waals surface area contributed by atoms with E-state index in [1.165, 1.54) is 0 Å². The third-order valence-corrected chi connectivity index (χ3v) is 5.18. The van der Waals surface area contributed by atoms with Crippen LogP contribution in [0.1, 0.15) is 32.6 Å². The highest BCUT2D eigenvalue weighted by atomic mass is 32.2. The van der Waals surface area contributed by atoms with E-state index in [4.69, 9.17) is 10.6 Å². The van der Waals surface area contributed by atoms with Crippen molar-refractivity contribution in [2.45, 2.75) is 38.6 Å². The van der Waals surface area contributed by atoms with Gasteiger partial charge in [-0.1, -0.05) is 6.92 Å². The van der Waals surface area contributed by atoms with Crippen LogP contribution in [0.15, 0.2) is 0 Å². The number of hydrogen-bond donors (Lipinski definition) is 2. The highest BCUT2D eigenvalue weighted by Gasteiger charge is 2.23. The Labute approximate surface area is 104 Å². The second-order valence-electron chi connectivity index (χ2n) is 4.63. The summed E-state index contributed by atoms with van der Waals surface area (Å²) >= 11 is 0. The Morgan fingerprint density at radius 3 is 2.82 bits per heavy atom. The lowest BCUT2D eigenvalue weighted by molar-refractivity contribution is 0.0378. The molecule has 1 saturated heterocycles. The van der Waals surface area contributed by atoms with E-state index >= 15 is 0 Å². The standard InChI is InChI=1S/C11H24N2O3S/c1-2-17(14,15)8-4-6-11(13-12)10-5-3-7-16-9-10/h10-11,13H,2-9,12H2,1H3. The van der Waals surface area contributed by atoms with Crippen molar-refractivity contribution in [1.82, 2.24) is 5.43 Å². The Morgan fingerprint density at radius 2 is 2.29 bits per heavy atom. The third-order valence-electron chi connectivity index (χ3n) is 3.39. The lowest BCUT2D eigenvalue weighted by Gasteiger charge is -2.29. The summed E-state index contributed by atoms with van der Waals surface area (Å²) in [6, 6.07) is 0.169. The van der Waals surface area contributed by atoms with E-state index in [2.05, 4.69) is 5.43 Å². The van der Waals surface area contributed by atoms with Crippen LogP contribution in [0.4, 0.5) is 0 Å². The van der Waals surface area contributed by atoms with E-state index in [-0.39, 0.29) is 17.5 Å². The Morgan fingerprint density at radius 1 is 1.53 bits per heavy atom. The van der Waals surface area contributed by atoms with Crippen LogP contribution in [0.25, 0.3) is 0 Å². The van der Waals surface area contributed by atoms with Crippen molar-refractivity contribution < 1.29 is 13.2 Å². The van der Waals surface area contributed by atoms with Gasteiger partial charge in [0.25, 0.3) is 0 Å². The van der Waals surface area contributed by atoms with Gasteiger partial charge in [-0.15, -0.1) is 0 Å². The molecule has 0 aromatic carbocycles. The van der Waals surface area contributed by atoms with Crippen molar-refractivity contribution in [3.05, 3.63) is 0 Å². The van der Waals surface area contributed by atoms with Crippen LogP contribution in [0.2, 0.25) is 0 Å². The van der Waals surface area contributed by atoms with Gasteiger partial charge < -0.3 is 4.74 Å². The van der Waals surface area contributed by atoms with Gasteiger partial charge in [0.2, 0.25) is 0 Å². The summed E-state index contributed by atoms with van der Waals surface area (Å²) in [6.07, 6.45) is 3.64. The van der Waals surface area contributed by atoms with Gasteiger partial charge in [-0.05, 0) is 31.6 Å². The molecule has 17 heavy (non-hydrogen) atoms. The molecule has 0 saturated carbocycles. The van der Waals surface area contributed by atoms with Crippen LogP contribution in [0, 0.1) is 5.92 Å². The maximum Gasteiger partial charge on any atom is 0.150 e. The minimum Gasteiger partial charge on any atom is -0.381 e. The Bertz CT molecular complexity index is 300. The third kappa shape index (κ3) is 5.33. The van der Waals surface area contributed by atoms with Gasteiger partial charge in [0, 0.05) is 18.4 Å². The number of sulfone groups is 1. The lowest BCUT2D eigenvalue weighted by Crippen LogP contribution is -2.44. The van der Waals surface area contributed by atoms with Gasteiger partial charge in [-0.2, -0.15) is 0 Å².